The molecule has 2 aliphatic heterocycles. The number of anilines is 1. The van der Waals surface area contributed by atoms with E-state index < -0.39 is 6.04 Å². The Morgan fingerprint density at radius 2 is 1.88 bits per heavy atom. The summed E-state index contributed by atoms with van der Waals surface area (Å²) in [5.74, 6) is -0.448. The van der Waals surface area contributed by atoms with Gasteiger partial charge in [-0.25, -0.2) is 4.68 Å². The van der Waals surface area contributed by atoms with Gasteiger partial charge in [-0.1, -0.05) is 35.5 Å². The number of para-hydroxylation sites is 1. The highest BCUT2D eigenvalue weighted by Crippen LogP contribution is 2.28. The fourth-order valence-electron chi connectivity index (χ4n) is 5.43. The summed E-state index contributed by atoms with van der Waals surface area (Å²) in [6.45, 7) is 4.41. The van der Waals surface area contributed by atoms with E-state index in [1.807, 2.05) is 66.0 Å². The van der Waals surface area contributed by atoms with Crippen LogP contribution in [0, 0.1) is 0 Å². The molecule has 2 saturated heterocycles. The number of carbonyl (C=O) groups excluding carboxylic acids is 2. The standard InChI is InChI=1S/C30H34N6O4S/c37-28(21-36-27-8-2-1-7-26(27)32-33-36)35(20-25-6-4-18-41-25)29(30(38)31-19-24-5-3-15-40-24)22-9-11-23(12-10-22)34-13-16-39-17-14-34/h1-2,4,6-12,18,24,29H,3,5,13-17,19-21H2,(H,31,38)/t24-,29-/m0/s1. The maximum atomic E-state index is 14.1. The summed E-state index contributed by atoms with van der Waals surface area (Å²) in [5.41, 5.74) is 3.31. The molecule has 2 amide bonds. The molecule has 0 unspecified atom stereocenters. The molecule has 2 fully saturated rings. The molecule has 0 radical (unpaired) electrons. The van der Waals surface area contributed by atoms with E-state index in [0.717, 1.165) is 53.1 Å². The second kappa shape index (κ2) is 12.8. The van der Waals surface area contributed by atoms with Gasteiger partial charge in [0, 0.05) is 36.8 Å². The molecular formula is C30H34N6O4S. The molecule has 10 nitrogen and oxygen atoms in total. The van der Waals surface area contributed by atoms with Gasteiger partial charge in [0.2, 0.25) is 11.8 Å². The number of nitrogens with one attached hydrogen (secondary N) is 1. The lowest BCUT2D eigenvalue weighted by Gasteiger charge is -2.32. The fraction of sp³-hybridized carbons (Fsp3) is 0.400. The Hall–Kier alpha value is -3.80. The van der Waals surface area contributed by atoms with Gasteiger partial charge in [0.15, 0.2) is 0 Å². The molecule has 2 aromatic heterocycles. The van der Waals surface area contributed by atoms with Crippen LogP contribution in [0.4, 0.5) is 5.69 Å². The summed E-state index contributed by atoms with van der Waals surface area (Å²) < 4.78 is 12.8. The van der Waals surface area contributed by atoms with Gasteiger partial charge in [0.05, 0.1) is 31.4 Å². The van der Waals surface area contributed by atoms with Crippen LogP contribution in [0.15, 0.2) is 66.0 Å². The first kappa shape index (κ1) is 27.4. The van der Waals surface area contributed by atoms with E-state index >= 15 is 0 Å². The predicted molar refractivity (Wildman–Crippen MR) is 157 cm³/mol. The number of nitrogens with zero attached hydrogens (tertiary/aromatic N) is 5. The molecule has 2 aromatic carbocycles. The van der Waals surface area contributed by atoms with Crippen molar-refractivity contribution in [3.05, 3.63) is 76.5 Å². The lowest BCUT2D eigenvalue weighted by atomic mass is 10.0. The fourth-order valence-corrected chi connectivity index (χ4v) is 6.13. The minimum Gasteiger partial charge on any atom is -0.378 e. The summed E-state index contributed by atoms with van der Waals surface area (Å²) in [7, 11) is 0. The Balaban J connectivity index is 1.32. The van der Waals surface area contributed by atoms with Crippen LogP contribution in [0.25, 0.3) is 11.0 Å². The number of hydrogen-bond acceptors (Lipinski definition) is 8. The van der Waals surface area contributed by atoms with Crippen molar-refractivity contribution in [2.24, 2.45) is 0 Å². The van der Waals surface area contributed by atoms with Crippen LogP contribution in [-0.4, -0.2) is 77.3 Å². The highest BCUT2D eigenvalue weighted by atomic mass is 32.1. The lowest BCUT2D eigenvalue weighted by Crippen LogP contribution is -2.46. The minimum absolute atomic E-state index is 0.00810. The van der Waals surface area contributed by atoms with Crippen molar-refractivity contribution in [2.75, 3.05) is 44.4 Å². The molecule has 0 spiro atoms. The van der Waals surface area contributed by atoms with Gasteiger partial charge < -0.3 is 24.6 Å². The van der Waals surface area contributed by atoms with E-state index in [4.69, 9.17) is 9.47 Å². The molecule has 214 valence electrons. The Morgan fingerprint density at radius 3 is 2.63 bits per heavy atom. The quantitative estimate of drug-likeness (QED) is 0.310. The van der Waals surface area contributed by atoms with Crippen LogP contribution in [0.3, 0.4) is 0 Å². The summed E-state index contributed by atoms with van der Waals surface area (Å²) in [6.07, 6.45) is 1.89. The van der Waals surface area contributed by atoms with Crippen molar-refractivity contribution in [3.63, 3.8) is 0 Å². The third-order valence-corrected chi connectivity index (χ3v) is 8.47. The van der Waals surface area contributed by atoms with Crippen molar-refractivity contribution < 1.29 is 19.1 Å². The smallest absolute Gasteiger partial charge is 0.247 e. The number of fused-ring (bicyclic) bond motifs is 1. The number of amides is 2. The average Bonchev–Trinajstić information content (AvgIpc) is 3.80. The topological polar surface area (TPSA) is 102 Å². The number of carbonyl (C=O) groups is 2. The van der Waals surface area contributed by atoms with Crippen molar-refractivity contribution in [2.45, 2.75) is 38.1 Å². The van der Waals surface area contributed by atoms with Crippen molar-refractivity contribution in [1.82, 2.24) is 25.2 Å². The van der Waals surface area contributed by atoms with E-state index in [1.54, 1.807) is 20.9 Å². The Morgan fingerprint density at radius 1 is 1.05 bits per heavy atom. The van der Waals surface area contributed by atoms with E-state index in [1.165, 1.54) is 0 Å². The zero-order valence-corrected chi connectivity index (χ0v) is 23.7. The average molecular weight is 575 g/mol. The normalized spacial score (nSPS) is 18.0. The lowest BCUT2D eigenvalue weighted by molar-refractivity contribution is -0.142. The van der Waals surface area contributed by atoms with Gasteiger partial charge >= 0.3 is 0 Å². The molecule has 41 heavy (non-hydrogen) atoms. The second-order valence-corrected chi connectivity index (χ2v) is 11.3. The number of benzene rings is 2. The maximum Gasteiger partial charge on any atom is 0.247 e. The third kappa shape index (κ3) is 6.42. The zero-order chi connectivity index (χ0) is 28.0. The van der Waals surface area contributed by atoms with Crippen molar-refractivity contribution >= 4 is 39.9 Å². The molecule has 2 atom stereocenters. The Bertz CT molecular complexity index is 1450. The van der Waals surface area contributed by atoms with Crippen LogP contribution >= 0.6 is 11.3 Å². The SMILES string of the molecule is O=C(NC[C@@H]1CCCO1)[C@H](c1ccc(N2CCOCC2)cc1)N(Cc1cccs1)C(=O)Cn1nnc2ccccc21. The molecule has 6 rings (SSSR count). The van der Waals surface area contributed by atoms with E-state index in [0.29, 0.717) is 32.9 Å². The third-order valence-electron chi connectivity index (χ3n) is 7.60. The molecule has 4 heterocycles. The van der Waals surface area contributed by atoms with Crippen LogP contribution < -0.4 is 10.2 Å². The predicted octanol–water partition coefficient (Wildman–Crippen LogP) is 3.39. The molecule has 1 N–H and O–H groups in total. The molecule has 0 saturated carbocycles. The van der Waals surface area contributed by atoms with E-state index in [2.05, 4.69) is 20.5 Å². The number of hydrogen-bond donors (Lipinski definition) is 1. The van der Waals surface area contributed by atoms with Gasteiger partial charge in [-0.05, 0) is 54.1 Å². The van der Waals surface area contributed by atoms with E-state index in [9.17, 15) is 9.59 Å². The number of rotatable bonds is 10. The molecule has 0 bridgehead atoms. The van der Waals surface area contributed by atoms with Gasteiger partial charge in [0.1, 0.15) is 18.1 Å². The number of ether oxygens (including phenoxy) is 2. The second-order valence-electron chi connectivity index (χ2n) is 10.3. The highest BCUT2D eigenvalue weighted by Gasteiger charge is 2.33. The first-order chi connectivity index (χ1) is 20.2. The zero-order valence-electron chi connectivity index (χ0n) is 22.9. The monoisotopic (exact) mass is 574 g/mol. The van der Waals surface area contributed by atoms with Crippen LogP contribution in [-0.2, 0) is 32.2 Å². The Kier molecular flexibility index (Phi) is 8.54. The van der Waals surface area contributed by atoms with Gasteiger partial charge in [-0.15, -0.1) is 16.4 Å². The molecule has 0 aliphatic carbocycles. The number of thiophene rings is 1. The summed E-state index contributed by atoms with van der Waals surface area (Å²) in [4.78, 5) is 33.0. The molecule has 2 aliphatic rings. The van der Waals surface area contributed by atoms with Gasteiger partial charge in [-0.2, -0.15) is 0 Å². The maximum absolute atomic E-state index is 14.1. The molecule has 11 heteroatoms. The molecular weight excluding hydrogens is 540 g/mol. The molecule has 4 aromatic rings. The largest absolute Gasteiger partial charge is 0.378 e. The van der Waals surface area contributed by atoms with Gasteiger partial charge in [-0.3, -0.25) is 9.59 Å². The first-order valence-electron chi connectivity index (χ1n) is 14.1. The number of aromatic nitrogens is 3. The summed E-state index contributed by atoms with van der Waals surface area (Å²) in [5, 5.41) is 13.5. The number of morpholine rings is 1. The van der Waals surface area contributed by atoms with Gasteiger partial charge in [0.25, 0.3) is 0 Å². The van der Waals surface area contributed by atoms with Crippen LogP contribution in [0.5, 0.6) is 0 Å². The summed E-state index contributed by atoms with van der Waals surface area (Å²) in [6, 6.07) is 18.6. The minimum atomic E-state index is -0.834. The van der Waals surface area contributed by atoms with Crippen LogP contribution in [0.2, 0.25) is 0 Å². The van der Waals surface area contributed by atoms with E-state index in [-0.39, 0.29) is 24.5 Å². The summed E-state index contributed by atoms with van der Waals surface area (Å²) >= 11 is 1.56. The Labute approximate surface area is 242 Å². The van der Waals surface area contributed by atoms with Crippen LogP contribution in [0.1, 0.15) is 29.3 Å². The van der Waals surface area contributed by atoms with Crippen molar-refractivity contribution in [3.8, 4) is 0 Å². The highest BCUT2D eigenvalue weighted by molar-refractivity contribution is 7.09. The van der Waals surface area contributed by atoms with Crippen molar-refractivity contribution in [1.29, 1.82) is 0 Å². The first-order valence-corrected chi connectivity index (χ1v) is 15.0.